The van der Waals surface area contributed by atoms with Crippen molar-refractivity contribution in [3.63, 3.8) is 0 Å². The second-order valence-electron chi connectivity index (χ2n) is 6.36. The molecule has 0 aliphatic heterocycles. The number of hydrogen-bond donors (Lipinski definition) is 1. The van der Waals surface area contributed by atoms with E-state index < -0.39 is 0 Å². The average molecular weight is 320 g/mol. The fourth-order valence-corrected chi connectivity index (χ4v) is 2.89. The molecule has 1 aromatic heterocycles. The Morgan fingerprint density at radius 1 is 1.00 bits per heavy atom. The van der Waals surface area contributed by atoms with Gasteiger partial charge < -0.3 is 5.11 Å². The van der Waals surface area contributed by atoms with Crippen LogP contribution in [-0.2, 0) is 6.42 Å². The molecule has 3 heteroatoms. The number of aromatic hydroxyl groups is 1. The molecular weight excluding hydrogens is 296 g/mol. The molecule has 1 N–H and O–H groups in total. The van der Waals surface area contributed by atoms with E-state index in [0.717, 1.165) is 41.9 Å². The van der Waals surface area contributed by atoms with Gasteiger partial charge in [-0.25, -0.2) is 4.68 Å². The highest BCUT2D eigenvalue weighted by atomic mass is 16.3. The lowest BCUT2D eigenvalue weighted by Crippen LogP contribution is -2.00. The van der Waals surface area contributed by atoms with Gasteiger partial charge in [0.1, 0.15) is 11.4 Å². The maximum absolute atomic E-state index is 10.8. The lowest BCUT2D eigenvalue weighted by molar-refractivity contribution is 0.469. The zero-order valence-electron chi connectivity index (χ0n) is 14.6. The van der Waals surface area contributed by atoms with Crippen LogP contribution in [0, 0.1) is 13.8 Å². The molecule has 0 unspecified atom stereocenters. The maximum atomic E-state index is 10.8. The van der Waals surface area contributed by atoms with Gasteiger partial charge >= 0.3 is 0 Å². The average Bonchev–Trinajstić information content (AvgIpc) is 2.90. The lowest BCUT2D eigenvalue weighted by Gasteiger charge is -2.09. The van der Waals surface area contributed by atoms with Crippen molar-refractivity contribution in [1.29, 1.82) is 0 Å². The fraction of sp³-hybridized carbons (Fsp3) is 0.286. The summed E-state index contributed by atoms with van der Waals surface area (Å²) in [4.78, 5) is 0. The Labute approximate surface area is 143 Å². The maximum Gasteiger partial charge on any atom is 0.165 e. The molecule has 0 saturated carbocycles. The summed E-state index contributed by atoms with van der Waals surface area (Å²) in [5.41, 5.74) is 5.87. The monoisotopic (exact) mass is 320 g/mol. The molecule has 3 aromatic rings. The van der Waals surface area contributed by atoms with Crippen molar-refractivity contribution >= 4 is 0 Å². The van der Waals surface area contributed by atoms with Gasteiger partial charge in [0.25, 0.3) is 0 Å². The molecule has 2 aromatic carbocycles. The fourth-order valence-electron chi connectivity index (χ4n) is 2.89. The molecule has 0 fully saturated rings. The van der Waals surface area contributed by atoms with Crippen LogP contribution in [0.15, 0.2) is 48.5 Å². The summed E-state index contributed by atoms with van der Waals surface area (Å²) < 4.78 is 1.87. The molecule has 0 saturated heterocycles. The molecule has 3 nitrogen and oxygen atoms in total. The van der Waals surface area contributed by atoms with Crippen LogP contribution in [0.25, 0.3) is 16.9 Å². The third kappa shape index (κ3) is 3.21. The van der Waals surface area contributed by atoms with Crippen molar-refractivity contribution < 1.29 is 5.11 Å². The topological polar surface area (TPSA) is 38.0 Å². The second-order valence-corrected chi connectivity index (χ2v) is 6.36. The quantitative estimate of drug-likeness (QED) is 0.701. The van der Waals surface area contributed by atoms with Gasteiger partial charge in [0.2, 0.25) is 0 Å². The van der Waals surface area contributed by atoms with Crippen LogP contribution in [0.5, 0.6) is 5.75 Å². The Bertz CT molecular complexity index is 832. The van der Waals surface area contributed by atoms with Gasteiger partial charge in [0.05, 0.1) is 5.69 Å². The van der Waals surface area contributed by atoms with Gasteiger partial charge in [0, 0.05) is 5.56 Å². The summed E-state index contributed by atoms with van der Waals surface area (Å²) in [6, 6.07) is 16.4. The Morgan fingerprint density at radius 2 is 1.75 bits per heavy atom. The molecular formula is C21H24N2O. The van der Waals surface area contributed by atoms with E-state index in [2.05, 4.69) is 45.0 Å². The van der Waals surface area contributed by atoms with Gasteiger partial charge in [0.15, 0.2) is 5.75 Å². The molecule has 0 aliphatic carbocycles. The Kier molecular flexibility index (Phi) is 4.70. The molecule has 0 amide bonds. The van der Waals surface area contributed by atoms with Crippen molar-refractivity contribution in [2.75, 3.05) is 0 Å². The van der Waals surface area contributed by atoms with Crippen LogP contribution in [0.2, 0.25) is 0 Å². The van der Waals surface area contributed by atoms with E-state index >= 15 is 0 Å². The van der Waals surface area contributed by atoms with Gasteiger partial charge in [-0.1, -0.05) is 54.8 Å². The molecule has 0 spiro atoms. The Morgan fingerprint density at radius 3 is 2.42 bits per heavy atom. The predicted octanol–water partition coefficient (Wildman–Crippen LogP) is 5.20. The van der Waals surface area contributed by atoms with Gasteiger partial charge in [-0.05, 0) is 44.9 Å². The van der Waals surface area contributed by atoms with Crippen LogP contribution in [0.3, 0.4) is 0 Å². The minimum absolute atomic E-state index is 0.301. The molecule has 3 rings (SSSR count). The summed E-state index contributed by atoms with van der Waals surface area (Å²) in [6.07, 6.45) is 2.89. The molecule has 24 heavy (non-hydrogen) atoms. The second kappa shape index (κ2) is 6.91. The molecule has 0 atom stereocenters. The van der Waals surface area contributed by atoms with Gasteiger partial charge in [-0.2, -0.15) is 5.10 Å². The van der Waals surface area contributed by atoms with E-state index in [0.29, 0.717) is 5.75 Å². The predicted molar refractivity (Wildman–Crippen MR) is 98.8 cm³/mol. The van der Waals surface area contributed by atoms with E-state index in [1.807, 2.05) is 28.9 Å². The Hall–Kier alpha value is -2.55. The first-order valence-corrected chi connectivity index (χ1v) is 8.55. The van der Waals surface area contributed by atoms with Crippen LogP contribution < -0.4 is 0 Å². The first-order valence-electron chi connectivity index (χ1n) is 8.55. The summed E-state index contributed by atoms with van der Waals surface area (Å²) in [7, 11) is 0. The largest absolute Gasteiger partial charge is 0.504 e. The van der Waals surface area contributed by atoms with Crippen molar-refractivity contribution in [1.82, 2.24) is 9.78 Å². The van der Waals surface area contributed by atoms with Crippen LogP contribution in [0.4, 0.5) is 0 Å². The molecule has 0 bridgehead atoms. The number of rotatable bonds is 5. The van der Waals surface area contributed by atoms with Gasteiger partial charge in [-0.3, -0.25) is 0 Å². The molecule has 0 aliphatic rings. The zero-order chi connectivity index (χ0) is 17.1. The highest BCUT2D eigenvalue weighted by molar-refractivity contribution is 5.70. The number of aryl methyl sites for hydroxylation is 3. The van der Waals surface area contributed by atoms with E-state index in [1.165, 1.54) is 11.1 Å². The summed E-state index contributed by atoms with van der Waals surface area (Å²) >= 11 is 0. The smallest absolute Gasteiger partial charge is 0.165 e. The summed E-state index contributed by atoms with van der Waals surface area (Å²) in [6.45, 7) is 6.28. The van der Waals surface area contributed by atoms with Crippen LogP contribution in [0.1, 0.15) is 36.6 Å². The van der Waals surface area contributed by atoms with Crippen molar-refractivity contribution in [2.45, 2.75) is 40.0 Å². The number of aromatic nitrogens is 2. The highest BCUT2D eigenvalue weighted by Crippen LogP contribution is 2.35. The Balaban J connectivity index is 2.17. The number of unbranched alkanes of at least 4 members (excludes halogenated alkanes) is 1. The third-order valence-electron chi connectivity index (χ3n) is 4.27. The number of hydrogen-bond acceptors (Lipinski definition) is 2. The minimum atomic E-state index is 0.301. The van der Waals surface area contributed by atoms with Crippen molar-refractivity contribution in [2.24, 2.45) is 0 Å². The molecule has 1 heterocycles. The standard InChI is InChI=1S/C21H24N2O/c1-4-5-9-19-21(24)20(17-8-6-7-16(3)14-17)23(22-19)18-12-10-15(2)11-13-18/h6-8,10-14,24H,4-5,9H2,1-3H3. The van der Waals surface area contributed by atoms with Gasteiger partial charge in [-0.15, -0.1) is 0 Å². The normalized spacial score (nSPS) is 11.0. The van der Waals surface area contributed by atoms with E-state index in [9.17, 15) is 5.11 Å². The van der Waals surface area contributed by atoms with Crippen molar-refractivity contribution in [3.8, 4) is 22.7 Å². The van der Waals surface area contributed by atoms with Crippen LogP contribution in [-0.4, -0.2) is 14.9 Å². The first-order chi connectivity index (χ1) is 11.6. The zero-order valence-corrected chi connectivity index (χ0v) is 14.6. The highest BCUT2D eigenvalue weighted by Gasteiger charge is 2.19. The van der Waals surface area contributed by atoms with E-state index in [1.54, 1.807) is 0 Å². The summed E-state index contributed by atoms with van der Waals surface area (Å²) in [5.74, 6) is 0.301. The summed E-state index contributed by atoms with van der Waals surface area (Å²) in [5, 5.41) is 15.5. The lowest BCUT2D eigenvalue weighted by atomic mass is 10.1. The number of nitrogens with zero attached hydrogens (tertiary/aromatic N) is 2. The van der Waals surface area contributed by atoms with Crippen molar-refractivity contribution in [3.05, 3.63) is 65.4 Å². The minimum Gasteiger partial charge on any atom is -0.504 e. The third-order valence-corrected chi connectivity index (χ3v) is 4.27. The number of benzene rings is 2. The molecule has 124 valence electrons. The van der Waals surface area contributed by atoms with Crippen LogP contribution >= 0.6 is 0 Å². The molecule has 0 radical (unpaired) electrons. The van der Waals surface area contributed by atoms with E-state index in [-0.39, 0.29) is 0 Å². The van der Waals surface area contributed by atoms with E-state index in [4.69, 9.17) is 5.10 Å². The SMILES string of the molecule is CCCCc1nn(-c2ccc(C)cc2)c(-c2cccc(C)c2)c1O. The first kappa shape index (κ1) is 16.3.